The Bertz CT molecular complexity index is 288. The number of rotatable bonds is 4. The van der Waals surface area contributed by atoms with Gasteiger partial charge in [0, 0.05) is 17.6 Å². The largest absolute Gasteiger partial charge is 0.350 e. The van der Waals surface area contributed by atoms with Crippen molar-refractivity contribution in [2.75, 3.05) is 13.1 Å². The van der Waals surface area contributed by atoms with Crippen LogP contribution in [0.3, 0.4) is 0 Å². The van der Waals surface area contributed by atoms with Crippen LogP contribution in [0, 0.1) is 0 Å². The lowest BCUT2D eigenvalue weighted by Crippen LogP contribution is -2.54. The zero-order valence-electron chi connectivity index (χ0n) is 13.4. The number of amides is 1. The molecule has 0 aromatic rings. The fourth-order valence-corrected chi connectivity index (χ4v) is 2.49. The molecule has 1 unspecified atom stereocenters. The number of nitrogens with zero attached hydrogens (tertiary/aromatic N) is 1. The molecule has 1 aliphatic rings. The first kappa shape index (κ1) is 16.4. The lowest BCUT2D eigenvalue weighted by Gasteiger charge is -2.36. The summed E-state index contributed by atoms with van der Waals surface area (Å²) in [5.41, 5.74) is -0.159. The predicted octanol–water partition coefficient (Wildman–Crippen LogP) is 1.75. The quantitative estimate of drug-likeness (QED) is 0.817. The first-order valence-electron chi connectivity index (χ1n) is 7.51. The average molecular weight is 269 g/mol. The van der Waals surface area contributed by atoms with Crippen LogP contribution in [0.25, 0.3) is 0 Å². The third-order valence-electron chi connectivity index (χ3n) is 3.64. The summed E-state index contributed by atoms with van der Waals surface area (Å²) in [6.45, 7) is 14.7. The molecule has 1 saturated heterocycles. The van der Waals surface area contributed by atoms with Crippen LogP contribution >= 0.6 is 0 Å². The summed E-state index contributed by atoms with van der Waals surface area (Å²) in [7, 11) is 0. The molecule has 1 amide bonds. The number of hydrogen-bond donors (Lipinski definition) is 2. The molecule has 0 spiro atoms. The zero-order chi connectivity index (χ0) is 14.6. The smallest absolute Gasteiger partial charge is 0.237 e. The first-order chi connectivity index (χ1) is 8.69. The normalized spacial score (nSPS) is 20.6. The van der Waals surface area contributed by atoms with Crippen molar-refractivity contribution >= 4 is 5.91 Å². The molecule has 1 atom stereocenters. The molecule has 0 radical (unpaired) electrons. The van der Waals surface area contributed by atoms with Crippen LogP contribution in [0.15, 0.2) is 0 Å². The van der Waals surface area contributed by atoms with Crippen molar-refractivity contribution in [2.45, 2.75) is 78.0 Å². The van der Waals surface area contributed by atoms with E-state index in [9.17, 15) is 4.79 Å². The van der Waals surface area contributed by atoms with E-state index < -0.39 is 0 Å². The second kappa shape index (κ2) is 6.71. The lowest BCUT2D eigenvalue weighted by atomic mass is 10.0. The number of carbonyl (C=O) groups is 1. The minimum absolute atomic E-state index is 0.0961. The van der Waals surface area contributed by atoms with E-state index in [1.54, 1.807) is 0 Å². The van der Waals surface area contributed by atoms with E-state index in [0.717, 1.165) is 25.9 Å². The van der Waals surface area contributed by atoms with Gasteiger partial charge in [0.15, 0.2) is 0 Å². The van der Waals surface area contributed by atoms with Crippen molar-refractivity contribution in [3.8, 4) is 0 Å². The highest BCUT2D eigenvalue weighted by molar-refractivity contribution is 5.81. The van der Waals surface area contributed by atoms with Crippen molar-refractivity contribution in [1.82, 2.24) is 15.5 Å². The Labute approximate surface area is 118 Å². The minimum Gasteiger partial charge on any atom is -0.350 e. The molecule has 0 aromatic heterocycles. The first-order valence-corrected chi connectivity index (χ1v) is 7.51. The SMILES string of the molecule is CC(NC1CCN(C(C)C)CC1)C(=O)NC(C)(C)C. The van der Waals surface area contributed by atoms with Crippen LogP contribution in [0.2, 0.25) is 0 Å². The van der Waals surface area contributed by atoms with E-state index in [4.69, 9.17) is 0 Å². The van der Waals surface area contributed by atoms with Gasteiger partial charge in [-0.15, -0.1) is 0 Å². The summed E-state index contributed by atoms with van der Waals surface area (Å²) < 4.78 is 0. The molecular formula is C15H31N3O. The fraction of sp³-hybridized carbons (Fsp3) is 0.933. The third kappa shape index (κ3) is 5.91. The molecule has 112 valence electrons. The summed E-state index contributed by atoms with van der Waals surface area (Å²) in [4.78, 5) is 14.5. The number of carbonyl (C=O) groups excluding carboxylic acids is 1. The summed E-state index contributed by atoms with van der Waals surface area (Å²) in [6.07, 6.45) is 2.26. The number of nitrogens with one attached hydrogen (secondary N) is 2. The molecule has 1 rings (SSSR count). The summed E-state index contributed by atoms with van der Waals surface area (Å²) in [5.74, 6) is 0.0961. The number of likely N-dealkylation sites (tertiary alicyclic amines) is 1. The molecule has 1 heterocycles. The molecule has 0 aliphatic carbocycles. The van der Waals surface area contributed by atoms with Gasteiger partial charge in [-0.2, -0.15) is 0 Å². The Kier molecular flexibility index (Phi) is 5.81. The third-order valence-corrected chi connectivity index (χ3v) is 3.64. The van der Waals surface area contributed by atoms with E-state index in [2.05, 4.69) is 29.4 Å². The van der Waals surface area contributed by atoms with Crippen LogP contribution in [-0.4, -0.2) is 47.6 Å². The molecule has 0 aromatic carbocycles. The summed E-state index contributed by atoms with van der Waals surface area (Å²) in [5, 5.41) is 6.49. The van der Waals surface area contributed by atoms with Gasteiger partial charge < -0.3 is 15.5 Å². The van der Waals surface area contributed by atoms with E-state index in [-0.39, 0.29) is 17.5 Å². The molecule has 19 heavy (non-hydrogen) atoms. The Morgan fingerprint density at radius 3 is 2.11 bits per heavy atom. The predicted molar refractivity (Wildman–Crippen MR) is 80.2 cm³/mol. The Morgan fingerprint density at radius 2 is 1.68 bits per heavy atom. The maximum absolute atomic E-state index is 12.0. The Balaban J connectivity index is 2.34. The van der Waals surface area contributed by atoms with Crippen LogP contribution in [-0.2, 0) is 4.79 Å². The van der Waals surface area contributed by atoms with E-state index in [1.807, 2.05) is 27.7 Å². The second-order valence-corrected chi connectivity index (χ2v) is 7.03. The Morgan fingerprint density at radius 1 is 1.16 bits per heavy atom. The van der Waals surface area contributed by atoms with Crippen LogP contribution in [0.1, 0.15) is 54.4 Å². The monoisotopic (exact) mass is 269 g/mol. The molecule has 0 saturated carbocycles. The summed E-state index contributed by atoms with van der Waals surface area (Å²) >= 11 is 0. The van der Waals surface area contributed by atoms with Crippen LogP contribution < -0.4 is 10.6 Å². The van der Waals surface area contributed by atoms with Gasteiger partial charge in [-0.25, -0.2) is 0 Å². The summed E-state index contributed by atoms with van der Waals surface area (Å²) in [6, 6.07) is 0.980. The van der Waals surface area contributed by atoms with Crippen molar-refractivity contribution in [2.24, 2.45) is 0 Å². The minimum atomic E-state index is -0.159. The number of piperidine rings is 1. The fourth-order valence-electron chi connectivity index (χ4n) is 2.49. The highest BCUT2D eigenvalue weighted by Gasteiger charge is 2.25. The van der Waals surface area contributed by atoms with Gasteiger partial charge in [0.05, 0.1) is 6.04 Å². The second-order valence-electron chi connectivity index (χ2n) is 7.03. The van der Waals surface area contributed by atoms with Gasteiger partial charge in [0.1, 0.15) is 0 Å². The van der Waals surface area contributed by atoms with Crippen molar-refractivity contribution < 1.29 is 4.79 Å². The van der Waals surface area contributed by atoms with E-state index in [1.165, 1.54) is 0 Å². The van der Waals surface area contributed by atoms with Gasteiger partial charge in [0.25, 0.3) is 0 Å². The van der Waals surface area contributed by atoms with Crippen LogP contribution in [0.4, 0.5) is 0 Å². The molecule has 1 aliphatic heterocycles. The van der Waals surface area contributed by atoms with Gasteiger partial charge in [-0.1, -0.05) is 0 Å². The molecule has 0 bridgehead atoms. The number of hydrogen-bond acceptors (Lipinski definition) is 3. The van der Waals surface area contributed by atoms with Gasteiger partial charge >= 0.3 is 0 Å². The standard InChI is InChI=1S/C15H31N3O/c1-11(2)18-9-7-13(8-10-18)16-12(3)14(19)17-15(4,5)6/h11-13,16H,7-10H2,1-6H3,(H,17,19). The van der Waals surface area contributed by atoms with Crippen molar-refractivity contribution in [3.63, 3.8) is 0 Å². The topological polar surface area (TPSA) is 44.4 Å². The van der Waals surface area contributed by atoms with E-state index >= 15 is 0 Å². The molecule has 1 fully saturated rings. The van der Waals surface area contributed by atoms with Crippen molar-refractivity contribution in [3.05, 3.63) is 0 Å². The average Bonchev–Trinajstić information content (AvgIpc) is 2.27. The van der Waals surface area contributed by atoms with Gasteiger partial charge in [-0.3, -0.25) is 4.79 Å². The maximum atomic E-state index is 12.0. The van der Waals surface area contributed by atoms with Crippen LogP contribution in [0.5, 0.6) is 0 Å². The van der Waals surface area contributed by atoms with Gasteiger partial charge in [-0.05, 0) is 67.5 Å². The molecule has 2 N–H and O–H groups in total. The van der Waals surface area contributed by atoms with Gasteiger partial charge in [0.2, 0.25) is 5.91 Å². The van der Waals surface area contributed by atoms with E-state index in [0.29, 0.717) is 12.1 Å². The highest BCUT2D eigenvalue weighted by atomic mass is 16.2. The highest BCUT2D eigenvalue weighted by Crippen LogP contribution is 2.13. The maximum Gasteiger partial charge on any atom is 0.237 e. The van der Waals surface area contributed by atoms with Crippen molar-refractivity contribution in [1.29, 1.82) is 0 Å². The molecule has 4 nitrogen and oxygen atoms in total. The zero-order valence-corrected chi connectivity index (χ0v) is 13.4. The molecular weight excluding hydrogens is 238 g/mol. The molecule has 4 heteroatoms. The Hall–Kier alpha value is -0.610. The lowest BCUT2D eigenvalue weighted by molar-refractivity contribution is -0.124.